The summed E-state index contributed by atoms with van der Waals surface area (Å²) in [5.74, 6) is 0. The third kappa shape index (κ3) is 4.42. The van der Waals surface area contributed by atoms with Crippen molar-refractivity contribution in [3.05, 3.63) is 149 Å². The number of nitrogens with zero attached hydrogens (tertiary/aromatic N) is 3. The Hall–Kier alpha value is -5.80. The van der Waals surface area contributed by atoms with E-state index >= 15 is 0 Å². The van der Waals surface area contributed by atoms with E-state index in [9.17, 15) is 13.2 Å². The molecule has 0 aliphatic carbocycles. The van der Waals surface area contributed by atoms with Gasteiger partial charge in [0.15, 0.2) is 0 Å². The molecule has 0 radical (unpaired) electrons. The number of aryl methyl sites for hydroxylation is 3. The third-order valence-corrected chi connectivity index (χ3v) is 9.20. The molecule has 0 saturated carbocycles. The number of hydrogen-bond acceptors (Lipinski definition) is 0. The fourth-order valence-electron chi connectivity index (χ4n) is 7.06. The Kier molecular flexibility index (Phi) is 6.32. The third-order valence-electron chi connectivity index (χ3n) is 9.20. The van der Waals surface area contributed by atoms with Crippen LogP contribution in [0, 0.1) is 27.3 Å². The second kappa shape index (κ2) is 10.4. The summed E-state index contributed by atoms with van der Waals surface area (Å²) in [6, 6.07) is 36.7. The van der Waals surface area contributed by atoms with E-state index in [2.05, 4.69) is 68.6 Å². The predicted molar refractivity (Wildman–Crippen MR) is 186 cm³/mol. The average molecular weight is 620 g/mol. The number of alkyl halides is 3. The number of rotatable bonds is 3. The summed E-state index contributed by atoms with van der Waals surface area (Å²) in [4.78, 5) is 4.08. The van der Waals surface area contributed by atoms with Crippen LogP contribution in [0.2, 0.25) is 0 Å². The minimum absolute atomic E-state index is 0.441. The van der Waals surface area contributed by atoms with E-state index in [0.29, 0.717) is 22.5 Å². The lowest BCUT2D eigenvalue weighted by Crippen LogP contribution is -2.06. The molecule has 0 saturated heterocycles. The second-order valence-corrected chi connectivity index (χ2v) is 12.2. The molecule has 0 unspecified atom stereocenters. The van der Waals surface area contributed by atoms with Gasteiger partial charge < -0.3 is 9.13 Å². The molecule has 8 aromatic rings. The highest BCUT2D eigenvalue weighted by atomic mass is 19.4. The fourth-order valence-corrected chi connectivity index (χ4v) is 7.06. The average Bonchev–Trinajstić information content (AvgIpc) is 3.55. The molecule has 3 nitrogen and oxygen atoms in total. The highest BCUT2D eigenvalue weighted by Crippen LogP contribution is 2.44. The molecule has 8 rings (SSSR count). The normalized spacial score (nSPS) is 12.0. The number of fused-ring (bicyclic) bond motifs is 6. The minimum Gasteiger partial charge on any atom is -0.319 e. The van der Waals surface area contributed by atoms with E-state index < -0.39 is 11.7 Å². The van der Waals surface area contributed by atoms with Crippen molar-refractivity contribution in [3.63, 3.8) is 0 Å². The van der Waals surface area contributed by atoms with Crippen LogP contribution >= 0.6 is 0 Å². The monoisotopic (exact) mass is 619 g/mol. The van der Waals surface area contributed by atoms with Gasteiger partial charge in [-0.1, -0.05) is 66.7 Å². The molecule has 228 valence electrons. The van der Waals surface area contributed by atoms with Gasteiger partial charge in [-0.05, 0) is 91.6 Å². The van der Waals surface area contributed by atoms with E-state index in [0.717, 1.165) is 72.1 Å². The largest absolute Gasteiger partial charge is 0.416 e. The Bertz CT molecular complexity index is 2610. The summed E-state index contributed by atoms with van der Waals surface area (Å²) < 4.78 is 45.8. The topological polar surface area (TPSA) is 14.2 Å². The highest BCUT2D eigenvalue weighted by molar-refractivity contribution is 6.11. The number of para-hydroxylation sites is 2. The maximum absolute atomic E-state index is 13.8. The fraction of sp³-hybridized carbons (Fsp3) is 0.0976. The van der Waals surface area contributed by atoms with E-state index in [4.69, 9.17) is 6.57 Å². The summed E-state index contributed by atoms with van der Waals surface area (Å²) in [5.41, 5.74) is 9.06. The molecule has 2 heterocycles. The van der Waals surface area contributed by atoms with Crippen molar-refractivity contribution in [2.45, 2.75) is 26.9 Å². The highest BCUT2D eigenvalue weighted by Gasteiger charge is 2.31. The van der Waals surface area contributed by atoms with Gasteiger partial charge in [-0.15, -0.1) is 0 Å². The molecule has 0 amide bonds. The Morgan fingerprint density at radius 3 is 1.60 bits per heavy atom. The summed E-state index contributed by atoms with van der Waals surface area (Å²) in [6.45, 7) is 14.2. The van der Waals surface area contributed by atoms with Gasteiger partial charge in [-0.3, -0.25) is 0 Å². The molecule has 47 heavy (non-hydrogen) atoms. The lowest BCUT2D eigenvalue weighted by molar-refractivity contribution is -0.137. The first-order chi connectivity index (χ1) is 22.6. The van der Waals surface area contributed by atoms with Crippen molar-refractivity contribution < 1.29 is 13.2 Å². The summed E-state index contributed by atoms with van der Waals surface area (Å²) in [5, 5.41) is 4.25. The summed E-state index contributed by atoms with van der Waals surface area (Å²) >= 11 is 0. The van der Waals surface area contributed by atoms with Crippen LogP contribution in [0.5, 0.6) is 0 Å². The lowest BCUT2D eigenvalue weighted by atomic mass is 9.95. The molecule has 0 spiro atoms. The van der Waals surface area contributed by atoms with Gasteiger partial charge in [0.05, 0.1) is 39.9 Å². The summed E-state index contributed by atoms with van der Waals surface area (Å²) in [6.07, 6.45) is -4.46. The molecule has 0 N–H and O–H groups in total. The van der Waals surface area contributed by atoms with Crippen molar-refractivity contribution in [2.75, 3.05) is 0 Å². The number of aromatic nitrogens is 2. The van der Waals surface area contributed by atoms with Crippen molar-refractivity contribution in [2.24, 2.45) is 0 Å². The van der Waals surface area contributed by atoms with Crippen LogP contribution in [0.15, 0.2) is 115 Å². The molecule has 2 aromatic heterocycles. The first-order valence-corrected chi connectivity index (χ1v) is 15.4. The Morgan fingerprint density at radius 1 is 0.532 bits per heavy atom. The summed E-state index contributed by atoms with van der Waals surface area (Å²) in [7, 11) is 0. The molecule has 0 fully saturated rings. The first-order valence-electron chi connectivity index (χ1n) is 15.4. The number of halogens is 3. The maximum Gasteiger partial charge on any atom is 0.416 e. The van der Waals surface area contributed by atoms with Crippen molar-refractivity contribution >= 4 is 49.3 Å². The van der Waals surface area contributed by atoms with Gasteiger partial charge >= 0.3 is 6.18 Å². The molecule has 0 atom stereocenters. The molecule has 0 bridgehead atoms. The van der Waals surface area contributed by atoms with Crippen LogP contribution in [0.3, 0.4) is 0 Å². The minimum atomic E-state index is -4.46. The number of hydrogen-bond donors (Lipinski definition) is 0. The number of benzene rings is 6. The van der Waals surface area contributed by atoms with Crippen molar-refractivity contribution in [3.8, 4) is 22.5 Å². The van der Waals surface area contributed by atoms with Crippen LogP contribution in [0.25, 0.3) is 71.0 Å². The van der Waals surface area contributed by atoms with Crippen LogP contribution in [-0.2, 0) is 6.18 Å². The lowest BCUT2D eigenvalue weighted by Gasteiger charge is -2.20. The SMILES string of the molecule is [C-]#[N+]c1cc(-n2c3ccccc3c3ccc(C)cc32)c(-c2ccc(C(F)(F)F)cc2C)cc1-n1c2ccccc2c2ccc(C)cc21. The zero-order valence-electron chi connectivity index (χ0n) is 25.9. The van der Waals surface area contributed by atoms with Gasteiger partial charge in [0.25, 0.3) is 0 Å². The smallest absolute Gasteiger partial charge is 0.319 e. The van der Waals surface area contributed by atoms with Crippen LogP contribution < -0.4 is 0 Å². The Morgan fingerprint density at radius 2 is 1.06 bits per heavy atom. The molecule has 0 aliphatic heterocycles. The predicted octanol–water partition coefficient (Wildman–Crippen LogP) is 12.0. The van der Waals surface area contributed by atoms with E-state index in [-0.39, 0.29) is 0 Å². The van der Waals surface area contributed by atoms with E-state index in [1.165, 1.54) is 6.07 Å². The van der Waals surface area contributed by atoms with Gasteiger partial charge in [0.2, 0.25) is 5.69 Å². The van der Waals surface area contributed by atoms with Gasteiger partial charge in [-0.2, -0.15) is 13.2 Å². The maximum atomic E-state index is 13.8. The Labute approximate surface area is 269 Å². The Balaban J connectivity index is 1.54. The molecule has 6 aromatic carbocycles. The zero-order valence-corrected chi connectivity index (χ0v) is 25.9. The van der Waals surface area contributed by atoms with Crippen LogP contribution in [0.4, 0.5) is 18.9 Å². The van der Waals surface area contributed by atoms with E-state index in [1.807, 2.05) is 56.3 Å². The molecular weight excluding hydrogens is 591 g/mol. The molecular formula is C41H28F3N3. The van der Waals surface area contributed by atoms with Gasteiger partial charge in [-0.25, -0.2) is 4.85 Å². The van der Waals surface area contributed by atoms with E-state index in [1.54, 1.807) is 13.0 Å². The van der Waals surface area contributed by atoms with Gasteiger partial charge in [0.1, 0.15) is 0 Å². The van der Waals surface area contributed by atoms with Crippen molar-refractivity contribution in [1.82, 2.24) is 9.13 Å². The van der Waals surface area contributed by atoms with Crippen LogP contribution in [-0.4, -0.2) is 9.13 Å². The zero-order chi connectivity index (χ0) is 32.6. The second-order valence-electron chi connectivity index (χ2n) is 12.2. The first kappa shape index (κ1) is 28.7. The molecule has 0 aliphatic rings. The van der Waals surface area contributed by atoms with Crippen LogP contribution in [0.1, 0.15) is 22.3 Å². The quantitative estimate of drug-likeness (QED) is 0.175. The standard InChI is InChI=1S/C41H28F3N3/c1-24-13-16-31-29-9-5-7-11-35(29)46(37(31)19-24)39-23-34(45-4)40(22-33(39)28-18-15-27(21-26(28)3)41(42,43)44)47-36-12-8-6-10-30(36)32-17-14-25(2)20-38(32)47/h5-23H,1-3H3. The van der Waals surface area contributed by atoms with Crippen molar-refractivity contribution in [1.29, 1.82) is 0 Å². The van der Waals surface area contributed by atoms with Gasteiger partial charge in [0, 0.05) is 32.8 Å². The molecule has 6 heteroatoms.